The average Bonchev–Trinajstić information content (AvgIpc) is 3.31. The van der Waals surface area contributed by atoms with Crippen LogP contribution in [-0.2, 0) is 4.79 Å². The van der Waals surface area contributed by atoms with E-state index in [0.717, 1.165) is 38.5 Å². The van der Waals surface area contributed by atoms with Crippen molar-refractivity contribution in [2.24, 2.45) is 0 Å². The lowest BCUT2D eigenvalue weighted by atomic mass is 10.0. The molecule has 0 spiro atoms. The van der Waals surface area contributed by atoms with Gasteiger partial charge in [0, 0.05) is 0 Å². The van der Waals surface area contributed by atoms with Crippen LogP contribution in [0.3, 0.4) is 0 Å². The molecule has 0 aromatic rings. The molecule has 5 nitrogen and oxygen atoms in total. The van der Waals surface area contributed by atoms with Crippen LogP contribution in [0.4, 0.5) is 0 Å². The zero-order valence-electron chi connectivity index (χ0n) is 44.1. The van der Waals surface area contributed by atoms with E-state index in [1.54, 1.807) is 6.08 Å². The van der Waals surface area contributed by atoms with Crippen molar-refractivity contribution >= 4 is 5.91 Å². The van der Waals surface area contributed by atoms with Crippen LogP contribution in [0.2, 0.25) is 0 Å². The molecule has 386 valence electrons. The molecular weight excluding hydrogens is 799 g/mol. The summed E-state index contributed by atoms with van der Waals surface area (Å²) >= 11 is 0. The highest BCUT2D eigenvalue weighted by Gasteiger charge is 2.22. The van der Waals surface area contributed by atoms with Crippen LogP contribution < -0.4 is 5.32 Å². The summed E-state index contributed by atoms with van der Waals surface area (Å²) in [5, 5.41) is 33.4. The molecule has 3 unspecified atom stereocenters. The lowest BCUT2D eigenvalue weighted by Gasteiger charge is -2.21. The van der Waals surface area contributed by atoms with Gasteiger partial charge in [-0.2, -0.15) is 0 Å². The molecular formula is C60H117NO4. The van der Waals surface area contributed by atoms with Crippen molar-refractivity contribution in [1.29, 1.82) is 0 Å². The zero-order chi connectivity index (χ0) is 47.2. The number of hydrogen-bond donors (Lipinski definition) is 4. The summed E-state index contributed by atoms with van der Waals surface area (Å²) in [4.78, 5) is 12.6. The Labute approximate surface area is 407 Å². The number of nitrogens with one attached hydrogen (secondary N) is 1. The molecule has 0 aliphatic rings. The van der Waals surface area contributed by atoms with Crippen LogP contribution in [0.25, 0.3) is 0 Å². The molecule has 5 heteroatoms. The summed E-state index contributed by atoms with van der Waals surface area (Å²) in [6.45, 7) is 4.22. The van der Waals surface area contributed by atoms with E-state index >= 15 is 0 Å². The van der Waals surface area contributed by atoms with Crippen molar-refractivity contribution in [1.82, 2.24) is 5.32 Å². The van der Waals surface area contributed by atoms with Crippen molar-refractivity contribution in [2.45, 2.75) is 347 Å². The number of amides is 1. The number of hydrogen-bond acceptors (Lipinski definition) is 4. The van der Waals surface area contributed by atoms with Gasteiger partial charge in [0.1, 0.15) is 6.10 Å². The third-order valence-electron chi connectivity index (χ3n) is 14.0. The van der Waals surface area contributed by atoms with Crippen LogP contribution in [0.1, 0.15) is 328 Å². The molecule has 1 amide bonds. The Morgan fingerprint density at radius 2 is 0.631 bits per heavy atom. The van der Waals surface area contributed by atoms with Gasteiger partial charge in [-0.05, 0) is 32.1 Å². The molecule has 0 aromatic carbocycles. The van der Waals surface area contributed by atoms with Crippen LogP contribution in [0, 0.1) is 0 Å². The van der Waals surface area contributed by atoms with Gasteiger partial charge in [-0.15, -0.1) is 0 Å². The second kappa shape index (κ2) is 55.4. The smallest absolute Gasteiger partial charge is 0.249 e. The topological polar surface area (TPSA) is 89.8 Å². The van der Waals surface area contributed by atoms with E-state index in [0.29, 0.717) is 6.42 Å². The number of unbranched alkanes of at least 4 members (excludes halogenated alkanes) is 45. The Bertz CT molecular complexity index is 967. The number of rotatable bonds is 55. The highest BCUT2D eigenvalue weighted by atomic mass is 16.3. The second-order valence-electron chi connectivity index (χ2n) is 20.6. The van der Waals surface area contributed by atoms with Gasteiger partial charge >= 0.3 is 0 Å². The van der Waals surface area contributed by atoms with Crippen LogP contribution in [0.5, 0.6) is 0 Å². The molecule has 0 bridgehead atoms. The minimum atomic E-state index is -1.10. The zero-order valence-corrected chi connectivity index (χ0v) is 44.1. The van der Waals surface area contributed by atoms with Gasteiger partial charge in [0.15, 0.2) is 0 Å². The van der Waals surface area contributed by atoms with Crippen molar-refractivity contribution in [3.05, 3.63) is 24.3 Å². The average molecular weight is 917 g/mol. The van der Waals surface area contributed by atoms with Gasteiger partial charge < -0.3 is 20.6 Å². The SMILES string of the molecule is CCCCCCCCCCCCCCCCCCCCC/C=C/CC/C=C/C(O)C(CO)NC(=O)C(O)CCCCCCCCCCCCCCCCCCCCCCCCCCCC. The molecule has 3 atom stereocenters. The van der Waals surface area contributed by atoms with E-state index in [4.69, 9.17) is 0 Å². The summed E-state index contributed by atoms with van der Waals surface area (Å²) in [5.41, 5.74) is 0. The first kappa shape index (κ1) is 63.8. The fraction of sp³-hybridized carbons (Fsp3) is 0.917. The number of carbonyl (C=O) groups excluding carboxylic acids is 1. The fourth-order valence-corrected chi connectivity index (χ4v) is 9.44. The Balaban J connectivity index is 3.56. The van der Waals surface area contributed by atoms with Crippen LogP contribution >= 0.6 is 0 Å². The minimum absolute atomic E-state index is 0.372. The lowest BCUT2D eigenvalue weighted by molar-refractivity contribution is -0.131. The summed E-state index contributed by atoms with van der Waals surface area (Å²) in [6, 6.07) is -0.813. The lowest BCUT2D eigenvalue weighted by Crippen LogP contribution is -2.48. The van der Waals surface area contributed by atoms with Crippen LogP contribution in [0.15, 0.2) is 24.3 Å². The second-order valence-corrected chi connectivity index (χ2v) is 20.6. The molecule has 65 heavy (non-hydrogen) atoms. The van der Waals surface area contributed by atoms with E-state index in [1.807, 2.05) is 6.08 Å². The molecule has 0 saturated heterocycles. The predicted octanol–water partition coefficient (Wildman–Crippen LogP) is 18.5. The first-order valence-corrected chi connectivity index (χ1v) is 29.7. The van der Waals surface area contributed by atoms with Gasteiger partial charge in [0.2, 0.25) is 5.91 Å². The largest absolute Gasteiger partial charge is 0.394 e. The van der Waals surface area contributed by atoms with Gasteiger partial charge in [-0.1, -0.05) is 321 Å². The van der Waals surface area contributed by atoms with Crippen molar-refractivity contribution in [3.63, 3.8) is 0 Å². The molecule has 0 saturated carbocycles. The third-order valence-corrected chi connectivity index (χ3v) is 14.0. The van der Waals surface area contributed by atoms with E-state index < -0.39 is 24.2 Å². The van der Waals surface area contributed by atoms with Crippen molar-refractivity contribution in [2.75, 3.05) is 6.61 Å². The monoisotopic (exact) mass is 916 g/mol. The number of aliphatic hydroxyl groups is 3. The quantitative estimate of drug-likeness (QED) is 0.0361. The molecule has 0 fully saturated rings. The first-order chi connectivity index (χ1) is 32.1. The summed E-state index contributed by atoms with van der Waals surface area (Å²) in [7, 11) is 0. The van der Waals surface area contributed by atoms with E-state index in [1.165, 1.54) is 270 Å². The number of aliphatic hydroxyl groups excluding tert-OH is 3. The normalized spacial score (nSPS) is 13.4. The Kier molecular flexibility index (Phi) is 54.4. The highest BCUT2D eigenvalue weighted by molar-refractivity contribution is 5.80. The third kappa shape index (κ3) is 50.5. The first-order valence-electron chi connectivity index (χ1n) is 29.7. The van der Waals surface area contributed by atoms with Gasteiger partial charge in [-0.25, -0.2) is 0 Å². The molecule has 0 radical (unpaired) electrons. The van der Waals surface area contributed by atoms with Gasteiger partial charge in [0.25, 0.3) is 0 Å². The maximum absolute atomic E-state index is 12.6. The summed E-state index contributed by atoms with van der Waals surface area (Å²) in [5.74, 6) is -0.506. The fourth-order valence-electron chi connectivity index (χ4n) is 9.44. The Morgan fingerprint density at radius 1 is 0.369 bits per heavy atom. The minimum Gasteiger partial charge on any atom is -0.394 e. The van der Waals surface area contributed by atoms with E-state index in [9.17, 15) is 20.1 Å². The highest BCUT2D eigenvalue weighted by Crippen LogP contribution is 2.18. The molecule has 0 heterocycles. The van der Waals surface area contributed by atoms with Crippen LogP contribution in [-0.4, -0.2) is 46.1 Å². The van der Waals surface area contributed by atoms with Gasteiger partial charge in [-0.3, -0.25) is 4.79 Å². The summed E-state index contributed by atoms with van der Waals surface area (Å²) < 4.78 is 0. The molecule has 0 aromatic heterocycles. The Hall–Kier alpha value is -1.17. The van der Waals surface area contributed by atoms with Gasteiger partial charge in [0.05, 0.1) is 18.8 Å². The van der Waals surface area contributed by atoms with E-state index in [2.05, 4.69) is 31.3 Å². The van der Waals surface area contributed by atoms with Crippen molar-refractivity contribution in [3.8, 4) is 0 Å². The Morgan fingerprint density at radius 3 is 0.938 bits per heavy atom. The molecule has 0 rings (SSSR count). The summed E-state index contributed by atoms with van der Waals surface area (Å²) in [6.07, 6.45) is 71.3. The maximum Gasteiger partial charge on any atom is 0.249 e. The molecule has 0 aliphatic heterocycles. The predicted molar refractivity (Wildman–Crippen MR) is 287 cm³/mol. The number of allylic oxidation sites excluding steroid dienone is 3. The molecule has 4 N–H and O–H groups in total. The van der Waals surface area contributed by atoms with Crippen molar-refractivity contribution < 1.29 is 20.1 Å². The molecule has 0 aliphatic carbocycles. The maximum atomic E-state index is 12.6. The van der Waals surface area contributed by atoms with E-state index in [-0.39, 0.29) is 6.61 Å². The number of carbonyl (C=O) groups is 1. The standard InChI is InChI=1S/C60H117NO4/c1-3-5-7-9-11-13-15-17-19-21-23-25-27-29-31-33-35-37-39-41-43-45-47-49-51-53-55-59(64)60(65)61-57(56-62)58(63)54-52-50-48-46-44-42-40-38-36-34-32-30-28-26-24-22-20-18-16-14-12-10-8-6-4-2/h44,46,52,54,57-59,62-64H,3-43,45,47-51,53,55-56H2,1-2H3,(H,61,65)/b46-44+,54-52+.